The van der Waals surface area contributed by atoms with Gasteiger partial charge in [0.1, 0.15) is 6.10 Å². The second-order valence-corrected chi connectivity index (χ2v) is 7.74. The third-order valence-electron chi connectivity index (χ3n) is 5.76. The molecule has 1 aromatic heterocycles. The molecule has 151 valence electrons. The van der Waals surface area contributed by atoms with Crippen LogP contribution in [0.4, 0.5) is 0 Å². The van der Waals surface area contributed by atoms with Gasteiger partial charge < -0.3 is 15.8 Å². The number of carbonyl (C=O) groups excluding carboxylic acids is 2. The van der Waals surface area contributed by atoms with Crippen molar-refractivity contribution in [2.45, 2.75) is 49.9 Å². The number of nitrogens with zero attached hydrogens (tertiary/aromatic N) is 1. The molecular weight excluding hydrogens is 370 g/mol. The smallest absolute Gasteiger partial charge is 0.255 e. The number of hydrogen-bond acceptors (Lipinski definition) is 4. The number of pyridine rings is 1. The third kappa shape index (κ3) is 4.10. The number of amides is 2. The summed E-state index contributed by atoms with van der Waals surface area (Å²) in [7, 11) is 0. The van der Waals surface area contributed by atoms with Crippen molar-refractivity contribution in [1.29, 1.82) is 0 Å². The van der Waals surface area contributed by atoms with Gasteiger partial charge >= 0.3 is 0 Å². The molecule has 4 rings (SSSR count). The molecule has 29 heavy (non-hydrogen) atoms. The molecule has 3 unspecified atom stereocenters. The fourth-order valence-corrected chi connectivity index (χ4v) is 4.26. The van der Waals surface area contributed by atoms with Gasteiger partial charge in [-0.25, -0.2) is 0 Å². The van der Waals surface area contributed by atoms with Crippen LogP contribution in [0.2, 0.25) is 0 Å². The van der Waals surface area contributed by atoms with Crippen molar-refractivity contribution in [3.05, 3.63) is 71.0 Å². The maximum absolute atomic E-state index is 12.7. The normalized spacial score (nSPS) is 26.3. The number of ether oxygens (including phenoxy) is 1. The molecule has 3 N–H and O–H groups in total. The van der Waals surface area contributed by atoms with Gasteiger partial charge in [0.15, 0.2) is 0 Å². The number of rotatable bonds is 4. The van der Waals surface area contributed by atoms with Gasteiger partial charge in [0, 0.05) is 29.6 Å². The summed E-state index contributed by atoms with van der Waals surface area (Å²) < 4.78 is 7.49. The lowest BCUT2D eigenvalue weighted by atomic mass is 9.80. The lowest BCUT2D eigenvalue weighted by Crippen LogP contribution is -2.46. The van der Waals surface area contributed by atoms with Crippen LogP contribution in [0.1, 0.15) is 42.5 Å². The van der Waals surface area contributed by atoms with Crippen molar-refractivity contribution >= 4 is 11.8 Å². The summed E-state index contributed by atoms with van der Waals surface area (Å²) in [5.74, 6) is -0.602. The van der Waals surface area contributed by atoms with Crippen molar-refractivity contribution in [2.75, 3.05) is 0 Å². The van der Waals surface area contributed by atoms with E-state index in [2.05, 4.69) is 11.7 Å². The SMILES string of the molecule is NC(=O)C1CCC2(CC[CH]C(NC(=O)c3ccc(-n4ccccc4=O)cc3)C2)O1. The van der Waals surface area contributed by atoms with E-state index in [4.69, 9.17) is 10.5 Å². The Morgan fingerprint density at radius 1 is 1.14 bits per heavy atom. The quantitative estimate of drug-likeness (QED) is 0.824. The van der Waals surface area contributed by atoms with Crippen LogP contribution in [-0.2, 0) is 9.53 Å². The predicted octanol–water partition coefficient (Wildman–Crippen LogP) is 1.73. The Morgan fingerprint density at radius 3 is 2.62 bits per heavy atom. The molecule has 2 fully saturated rings. The fraction of sp³-hybridized carbons (Fsp3) is 0.364. The molecule has 1 aromatic carbocycles. The molecule has 3 atom stereocenters. The Labute approximate surface area is 168 Å². The minimum atomic E-state index is -0.529. The fourth-order valence-electron chi connectivity index (χ4n) is 4.26. The average Bonchev–Trinajstić information content (AvgIpc) is 3.12. The summed E-state index contributed by atoms with van der Waals surface area (Å²) in [5.41, 5.74) is 6.09. The molecule has 1 saturated heterocycles. The Kier molecular flexibility index (Phi) is 5.24. The van der Waals surface area contributed by atoms with E-state index in [-0.39, 0.29) is 23.1 Å². The molecule has 7 nitrogen and oxygen atoms in total. The molecule has 2 heterocycles. The molecule has 2 aromatic rings. The second-order valence-electron chi connectivity index (χ2n) is 7.74. The first-order chi connectivity index (χ1) is 14.0. The topological polar surface area (TPSA) is 103 Å². The highest BCUT2D eigenvalue weighted by atomic mass is 16.5. The van der Waals surface area contributed by atoms with E-state index < -0.39 is 12.0 Å². The van der Waals surface area contributed by atoms with Gasteiger partial charge in [-0.3, -0.25) is 19.0 Å². The van der Waals surface area contributed by atoms with Gasteiger partial charge in [0.25, 0.3) is 11.5 Å². The molecule has 0 bridgehead atoms. The first-order valence-electron chi connectivity index (χ1n) is 9.85. The molecule has 7 heteroatoms. The summed E-state index contributed by atoms with van der Waals surface area (Å²) in [6, 6.07) is 11.7. The number of hydrogen-bond donors (Lipinski definition) is 2. The van der Waals surface area contributed by atoms with Crippen molar-refractivity contribution in [2.24, 2.45) is 5.73 Å². The Hall–Kier alpha value is -2.93. The van der Waals surface area contributed by atoms with E-state index in [1.54, 1.807) is 42.6 Å². The number of primary amides is 1. The molecule has 1 aliphatic carbocycles. The van der Waals surface area contributed by atoms with Crippen molar-refractivity contribution < 1.29 is 14.3 Å². The summed E-state index contributed by atoms with van der Waals surface area (Å²) in [6.07, 6.45) is 6.95. The standard InChI is InChI=1S/C22H24N3O4/c23-20(27)18-10-12-22(29-18)11-3-4-16(14-22)24-21(28)15-6-8-17(9-7-15)25-13-2-1-5-19(25)26/h1-2,4-9,13,16,18H,3,10-12,14H2,(H2,23,27)(H,24,28). The minimum Gasteiger partial charge on any atom is -0.367 e. The van der Waals surface area contributed by atoms with Crippen molar-refractivity contribution in [3.63, 3.8) is 0 Å². The highest BCUT2D eigenvalue weighted by molar-refractivity contribution is 5.94. The molecule has 1 radical (unpaired) electrons. The molecule has 1 saturated carbocycles. The summed E-state index contributed by atoms with van der Waals surface area (Å²) >= 11 is 0. The van der Waals surface area contributed by atoms with E-state index in [1.165, 1.54) is 10.6 Å². The van der Waals surface area contributed by atoms with E-state index >= 15 is 0 Å². The number of benzene rings is 1. The van der Waals surface area contributed by atoms with Crippen molar-refractivity contribution in [3.8, 4) is 5.69 Å². The molecule has 1 aliphatic heterocycles. The molecule has 1 spiro atoms. The lowest BCUT2D eigenvalue weighted by molar-refractivity contribution is -0.136. The zero-order valence-corrected chi connectivity index (χ0v) is 16.0. The number of nitrogens with two attached hydrogens (primary N) is 1. The highest BCUT2D eigenvalue weighted by Gasteiger charge is 2.45. The Morgan fingerprint density at radius 2 is 1.93 bits per heavy atom. The largest absolute Gasteiger partial charge is 0.367 e. The maximum atomic E-state index is 12.7. The number of carbonyl (C=O) groups is 2. The first kappa shape index (κ1) is 19.4. The van der Waals surface area contributed by atoms with Crippen LogP contribution in [0.5, 0.6) is 0 Å². The van der Waals surface area contributed by atoms with Crippen LogP contribution in [0, 0.1) is 6.42 Å². The Balaban J connectivity index is 1.41. The number of nitrogens with one attached hydrogen (secondary N) is 1. The summed E-state index contributed by atoms with van der Waals surface area (Å²) in [4.78, 5) is 36.0. The lowest BCUT2D eigenvalue weighted by Gasteiger charge is -2.37. The summed E-state index contributed by atoms with van der Waals surface area (Å²) in [5, 5.41) is 3.04. The first-order valence-corrected chi connectivity index (χ1v) is 9.85. The highest BCUT2D eigenvalue weighted by Crippen LogP contribution is 2.41. The van der Waals surface area contributed by atoms with Gasteiger partial charge in [-0.1, -0.05) is 6.07 Å². The zero-order chi connectivity index (χ0) is 20.4. The molecule has 2 amide bonds. The van der Waals surface area contributed by atoms with Crippen LogP contribution >= 0.6 is 0 Å². The zero-order valence-electron chi connectivity index (χ0n) is 16.0. The monoisotopic (exact) mass is 394 g/mol. The van der Waals surface area contributed by atoms with Gasteiger partial charge in [0.05, 0.1) is 5.60 Å². The van der Waals surface area contributed by atoms with Gasteiger partial charge in [-0.15, -0.1) is 0 Å². The predicted molar refractivity (Wildman–Crippen MR) is 107 cm³/mol. The van der Waals surface area contributed by atoms with Crippen LogP contribution < -0.4 is 16.6 Å². The van der Waals surface area contributed by atoms with Crippen LogP contribution in [0.25, 0.3) is 5.69 Å². The molecular formula is C22H24N3O4. The van der Waals surface area contributed by atoms with E-state index in [9.17, 15) is 14.4 Å². The van der Waals surface area contributed by atoms with Gasteiger partial charge in [-0.05, 0) is 68.9 Å². The third-order valence-corrected chi connectivity index (χ3v) is 5.76. The minimum absolute atomic E-state index is 0.126. The van der Waals surface area contributed by atoms with E-state index in [0.717, 1.165) is 19.3 Å². The maximum Gasteiger partial charge on any atom is 0.255 e. The summed E-state index contributed by atoms with van der Waals surface area (Å²) in [6.45, 7) is 0. The van der Waals surface area contributed by atoms with Crippen molar-refractivity contribution in [1.82, 2.24) is 9.88 Å². The van der Waals surface area contributed by atoms with E-state index in [0.29, 0.717) is 24.1 Å². The second kappa shape index (κ2) is 7.83. The number of aromatic nitrogens is 1. The van der Waals surface area contributed by atoms with Crippen LogP contribution in [-0.4, -0.2) is 34.1 Å². The Bertz CT molecular complexity index is 969. The van der Waals surface area contributed by atoms with Crippen LogP contribution in [0.15, 0.2) is 53.5 Å². The van der Waals surface area contributed by atoms with E-state index in [1.807, 2.05) is 0 Å². The van der Waals surface area contributed by atoms with Gasteiger partial charge in [0.2, 0.25) is 5.91 Å². The average molecular weight is 394 g/mol. The molecule has 2 aliphatic rings. The van der Waals surface area contributed by atoms with Gasteiger partial charge in [-0.2, -0.15) is 0 Å². The van der Waals surface area contributed by atoms with Crippen LogP contribution in [0.3, 0.4) is 0 Å².